The predicted molar refractivity (Wildman–Crippen MR) is 83.5 cm³/mol. The summed E-state index contributed by atoms with van der Waals surface area (Å²) in [5.74, 6) is -0.308. The maximum Gasteiger partial charge on any atom is 0.374 e. The van der Waals surface area contributed by atoms with Gasteiger partial charge >= 0.3 is 16.0 Å². The fourth-order valence-electron chi connectivity index (χ4n) is 2.36. The van der Waals surface area contributed by atoms with Crippen molar-refractivity contribution in [1.82, 2.24) is 0 Å². The zero-order valence-corrected chi connectivity index (χ0v) is 12.5. The van der Waals surface area contributed by atoms with E-state index >= 15 is 0 Å². The number of oxazole rings is 1. The average Bonchev–Trinajstić information content (AvgIpc) is 2.83. The Labute approximate surface area is 127 Å². The van der Waals surface area contributed by atoms with Gasteiger partial charge in [0.15, 0.2) is 0 Å². The van der Waals surface area contributed by atoms with Crippen LogP contribution >= 0.6 is 0 Å². The summed E-state index contributed by atoms with van der Waals surface area (Å²) in [6.07, 6.45) is 1.41. The van der Waals surface area contributed by atoms with Crippen molar-refractivity contribution in [2.24, 2.45) is 0 Å². The smallest absolute Gasteiger partial charge is 0.374 e. The predicted octanol–water partition coefficient (Wildman–Crippen LogP) is 2.88. The van der Waals surface area contributed by atoms with Gasteiger partial charge in [0.2, 0.25) is 5.58 Å². The molecule has 1 heterocycles. The van der Waals surface area contributed by atoms with Crippen LogP contribution < -0.4 is 4.57 Å². The molecule has 0 bridgehead atoms. The van der Waals surface area contributed by atoms with E-state index in [4.69, 9.17) is 8.97 Å². The molecule has 3 aromatic rings. The molecule has 0 aliphatic heterocycles. The molecule has 112 valence electrons. The Balaban J connectivity index is 2.22. The minimum absolute atomic E-state index is 0.276. The molecule has 0 atom stereocenters. The minimum Gasteiger partial charge on any atom is -0.398 e. The standard InChI is InChI=1S/C16H13NO4S/c1-2-16-17(11-22(18,19)20)14-10-13(8-9-15(14)21-16)12-6-4-3-5-7-12/h2-10H,1,11H2/p+1. The summed E-state index contributed by atoms with van der Waals surface area (Å²) in [6, 6.07) is 15.2. The molecule has 0 amide bonds. The second-order valence-corrected chi connectivity index (χ2v) is 6.25. The van der Waals surface area contributed by atoms with Crippen molar-refractivity contribution in [2.45, 2.75) is 5.88 Å². The number of nitrogens with zero attached hydrogens (tertiary/aromatic N) is 1. The monoisotopic (exact) mass is 316 g/mol. The molecule has 5 nitrogen and oxygen atoms in total. The van der Waals surface area contributed by atoms with Gasteiger partial charge in [-0.05, 0) is 17.2 Å². The van der Waals surface area contributed by atoms with E-state index in [0.29, 0.717) is 11.1 Å². The van der Waals surface area contributed by atoms with E-state index in [9.17, 15) is 8.42 Å². The summed E-state index contributed by atoms with van der Waals surface area (Å²) in [6.45, 7) is 3.61. The lowest BCUT2D eigenvalue weighted by atomic mass is 10.1. The molecule has 22 heavy (non-hydrogen) atoms. The number of fused-ring (bicyclic) bond motifs is 1. The van der Waals surface area contributed by atoms with Crippen molar-refractivity contribution in [1.29, 1.82) is 0 Å². The first-order chi connectivity index (χ1) is 10.5. The van der Waals surface area contributed by atoms with E-state index in [1.165, 1.54) is 10.6 Å². The van der Waals surface area contributed by atoms with Crippen molar-refractivity contribution in [3.63, 3.8) is 0 Å². The summed E-state index contributed by atoms with van der Waals surface area (Å²) in [5.41, 5.74) is 3.03. The van der Waals surface area contributed by atoms with Crippen LogP contribution in [-0.2, 0) is 16.0 Å². The molecule has 0 saturated heterocycles. The fourth-order valence-corrected chi connectivity index (χ4v) is 2.95. The summed E-state index contributed by atoms with van der Waals surface area (Å²) in [7, 11) is -4.19. The van der Waals surface area contributed by atoms with Crippen LogP contribution in [0.15, 0.2) is 59.5 Å². The van der Waals surface area contributed by atoms with Crippen LogP contribution in [0.3, 0.4) is 0 Å². The maximum atomic E-state index is 11.2. The Hall–Kier alpha value is -2.44. The first-order valence-electron chi connectivity index (χ1n) is 6.57. The zero-order valence-electron chi connectivity index (χ0n) is 11.6. The summed E-state index contributed by atoms with van der Waals surface area (Å²) < 4.78 is 38.5. The van der Waals surface area contributed by atoms with E-state index in [2.05, 4.69) is 6.58 Å². The lowest BCUT2D eigenvalue weighted by Crippen LogP contribution is -2.39. The molecule has 0 aliphatic rings. The van der Waals surface area contributed by atoms with Crippen LogP contribution in [0, 0.1) is 0 Å². The van der Waals surface area contributed by atoms with Gasteiger partial charge in [0.05, 0.1) is 0 Å². The normalized spacial score (nSPS) is 11.7. The summed E-state index contributed by atoms with van der Waals surface area (Å²) in [5, 5.41) is 0. The number of hydrogen-bond donors (Lipinski definition) is 1. The Morgan fingerprint density at radius 3 is 2.50 bits per heavy atom. The van der Waals surface area contributed by atoms with Gasteiger partial charge in [-0.3, -0.25) is 4.55 Å². The van der Waals surface area contributed by atoms with Gasteiger partial charge in [-0.25, -0.2) is 0 Å². The molecule has 0 spiro atoms. The van der Waals surface area contributed by atoms with Crippen LogP contribution in [0.4, 0.5) is 0 Å². The third-order valence-electron chi connectivity index (χ3n) is 3.30. The van der Waals surface area contributed by atoms with Crippen molar-refractivity contribution < 1.29 is 22.0 Å². The number of rotatable bonds is 4. The number of benzene rings is 2. The third-order valence-corrected chi connectivity index (χ3v) is 3.89. The molecule has 0 fully saturated rings. The largest absolute Gasteiger partial charge is 0.398 e. The number of aromatic nitrogens is 1. The van der Waals surface area contributed by atoms with Gasteiger partial charge < -0.3 is 4.42 Å². The molecule has 2 aromatic carbocycles. The van der Waals surface area contributed by atoms with Gasteiger partial charge in [-0.1, -0.05) is 43.0 Å². The van der Waals surface area contributed by atoms with Crippen LogP contribution in [0.2, 0.25) is 0 Å². The van der Waals surface area contributed by atoms with Gasteiger partial charge in [-0.15, -0.1) is 4.57 Å². The van der Waals surface area contributed by atoms with E-state index in [0.717, 1.165) is 11.1 Å². The third kappa shape index (κ3) is 2.79. The number of hydrogen-bond acceptors (Lipinski definition) is 3. The van der Waals surface area contributed by atoms with Crippen molar-refractivity contribution in [2.75, 3.05) is 0 Å². The van der Waals surface area contributed by atoms with E-state index in [1.807, 2.05) is 42.5 Å². The molecule has 1 N–H and O–H groups in total. The highest BCUT2D eigenvalue weighted by atomic mass is 32.2. The fraction of sp³-hybridized carbons (Fsp3) is 0.0625. The van der Waals surface area contributed by atoms with Crippen LogP contribution in [0.25, 0.3) is 28.3 Å². The SMILES string of the molecule is C=Cc1oc2ccc(-c3ccccc3)cc2[n+]1CS(=O)(=O)O. The Bertz CT molecular complexity index is 943. The molecule has 0 aliphatic carbocycles. The summed E-state index contributed by atoms with van der Waals surface area (Å²) in [4.78, 5) is 0. The van der Waals surface area contributed by atoms with Gasteiger partial charge in [0.25, 0.3) is 11.4 Å². The van der Waals surface area contributed by atoms with E-state index < -0.39 is 16.0 Å². The Morgan fingerprint density at radius 2 is 1.86 bits per heavy atom. The van der Waals surface area contributed by atoms with Crippen LogP contribution in [-0.4, -0.2) is 13.0 Å². The van der Waals surface area contributed by atoms with E-state index in [-0.39, 0.29) is 5.89 Å². The molecule has 6 heteroatoms. The average molecular weight is 316 g/mol. The first-order valence-corrected chi connectivity index (χ1v) is 8.18. The highest BCUT2D eigenvalue weighted by Crippen LogP contribution is 2.24. The quantitative estimate of drug-likeness (QED) is 0.593. The Morgan fingerprint density at radius 1 is 1.14 bits per heavy atom. The highest BCUT2D eigenvalue weighted by molar-refractivity contribution is 7.84. The molecule has 1 aromatic heterocycles. The minimum atomic E-state index is -4.19. The second kappa shape index (κ2) is 5.40. The lowest BCUT2D eigenvalue weighted by molar-refractivity contribution is -0.658. The topological polar surface area (TPSA) is 71.4 Å². The molecule has 0 saturated carbocycles. The summed E-state index contributed by atoms with van der Waals surface area (Å²) >= 11 is 0. The maximum absolute atomic E-state index is 11.2. The lowest BCUT2D eigenvalue weighted by Gasteiger charge is -1.99. The van der Waals surface area contributed by atoms with Crippen LogP contribution in [0.1, 0.15) is 5.89 Å². The van der Waals surface area contributed by atoms with Gasteiger partial charge in [-0.2, -0.15) is 8.42 Å². The van der Waals surface area contributed by atoms with Gasteiger partial charge in [0.1, 0.15) is 0 Å². The van der Waals surface area contributed by atoms with E-state index in [1.54, 1.807) is 6.07 Å². The van der Waals surface area contributed by atoms with Gasteiger partial charge in [0, 0.05) is 12.1 Å². The van der Waals surface area contributed by atoms with Crippen molar-refractivity contribution in [3.05, 3.63) is 61.0 Å². The van der Waals surface area contributed by atoms with Crippen molar-refractivity contribution in [3.8, 4) is 11.1 Å². The highest BCUT2D eigenvalue weighted by Gasteiger charge is 2.25. The molecule has 0 unspecified atom stereocenters. The Kier molecular flexibility index (Phi) is 3.56. The zero-order chi connectivity index (χ0) is 15.7. The molecular weight excluding hydrogens is 302 g/mol. The molecular formula is C16H14NO4S+. The van der Waals surface area contributed by atoms with Crippen LogP contribution in [0.5, 0.6) is 0 Å². The second-order valence-electron chi connectivity index (χ2n) is 4.83. The first kappa shape index (κ1) is 14.5. The van der Waals surface area contributed by atoms with Crippen molar-refractivity contribution >= 4 is 27.3 Å². The molecule has 3 rings (SSSR count). The molecule has 0 radical (unpaired) electrons.